The predicted octanol–water partition coefficient (Wildman–Crippen LogP) is 2.99. The van der Waals surface area contributed by atoms with Gasteiger partial charge in [-0.25, -0.2) is 4.39 Å². The van der Waals surface area contributed by atoms with Gasteiger partial charge in [0.1, 0.15) is 16.8 Å². The fraction of sp³-hybridized carbons (Fsp3) is 0. The highest BCUT2D eigenvalue weighted by molar-refractivity contribution is 7.87. The van der Waals surface area contributed by atoms with Crippen LogP contribution in [0.5, 0.6) is 5.75 Å². The van der Waals surface area contributed by atoms with E-state index in [1.807, 2.05) is 6.07 Å². The Labute approximate surface area is 130 Å². The van der Waals surface area contributed by atoms with E-state index in [1.165, 1.54) is 18.2 Å². The Bertz CT molecular complexity index is 930. The van der Waals surface area contributed by atoms with Crippen molar-refractivity contribution >= 4 is 21.7 Å². The van der Waals surface area contributed by atoms with E-state index in [4.69, 9.17) is 26.3 Å². The molecule has 2 aromatic rings. The third-order valence-electron chi connectivity index (χ3n) is 2.61. The maximum absolute atomic E-state index is 13.2. The molecule has 0 atom stereocenters. The number of hydrogen-bond donors (Lipinski definition) is 0. The van der Waals surface area contributed by atoms with Gasteiger partial charge in [-0.2, -0.15) is 18.9 Å². The summed E-state index contributed by atoms with van der Waals surface area (Å²) in [6.07, 6.45) is 0. The van der Waals surface area contributed by atoms with Crippen LogP contribution in [0.4, 0.5) is 4.39 Å². The van der Waals surface area contributed by atoms with Gasteiger partial charge in [0.05, 0.1) is 22.2 Å². The van der Waals surface area contributed by atoms with Crippen molar-refractivity contribution in [2.24, 2.45) is 0 Å². The Hall–Kier alpha value is -2.61. The van der Waals surface area contributed by atoms with Crippen molar-refractivity contribution in [3.05, 3.63) is 58.4 Å². The second-order valence-corrected chi connectivity index (χ2v) is 6.00. The highest BCUT2D eigenvalue weighted by atomic mass is 35.5. The first-order chi connectivity index (χ1) is 10.4. The highest BCUT2D eigenvalue weighted by Crippen LogP contribution is 2.28. The van der Waals surface area contributed by atoms with Crippen LogP contribution in [0.2, 0.25) is 5.02 Å². The maximum Gasteiger partial charge on any atom is 0.339 e. The van der Waals surface area contributed by atoms with Crippen LogP contribution < -0.4 is 4.18 Å². The van der Waals surface area contributed by atoms with Crippen LogP contribution >= 0.6 is 11.6 Å². The molecule has 0 bridgehead atoms. The lowest BCUT2D eigenvalue weighted by Gasteiger charge is -2.09. The Morgan fingerprint density at radius 2 is 1.82 bits per heavy atom. The largest absolute Gasteiger partial charge is 0.377 e. The Morgan fingerprint density at radius 1 is 1.09 bits per heavy atom. The molecular weight excluding hydrogens is 331 g/mol. The second kappa shape index (κ2) is 6.02. The first-order valence-electron chi connectivity index (χ1n) is 5.71. The Kier molecular flexibility index (Phi) is 4.32. The van der Waals surface area contributed by atoms with E-state index in [2.05, 4.69) is 0 Å². The molecule has 0 amide bonds. The average Bonchev–Trinajstić information content (AvgIpc) is 2.49. The molecule has 0 saturated heterocycles. The van der Waals surface area contributed by atoms with Crippen LogP contribution in [-0.4, -0.2) is 8.42 Å². The second-order valence-electron chi connectivity index (χ2n) is 4.05. The molecule has 0 aliphatic heterocycles. The number of nitriles is 2. The first-order valence-corrected chi connectivity index (χ1v) is 7.50. The molecule has 0 aliphatic rings. The number of benzene rings is 2. The SMILES string of the molecule is N#Cc1ccc(OS(=O)(=O)c2ccc(F)c(C#N)c2)c(Cl)c1. The van der Waals surface area contributed by atoms with Crippen molar-refractivity contribution in [3.63, 3.8) is 0 Å². The van der Waals surface area contributed by atoms with Crippen LogP contribution in [0.15, 0.2) is 41.3 Å². The third-order valence-corrected chi connectivity index (χ3v) is 4.13. The van der Waals surface area contributed by atoms with E-state index in [1.54, 1.807) is 6.07 Å². The number of halogens is 2. The zero-order valence-corrected chi connectivity index (χ0v) is 12.3. The van der Waals surface area contributed by atoms with Gasteiger partial charge in [0, 0.05) is 0 Å². The summed E-state index contributed by atoms with van der Waals surface area (Å²) in [4.78, 5) is -0.383. The lowest BCUT2D eigenvalue weighted by Crippen LogP contribution is -2.10. The van der Waals surface area contributed by atoms with Crippen molar-refractivity contribution in [2.75, 3.05) is 0 Å². The molecule has 0 N–H and O–H groups in total. The van der Waals surface area contributed by atoms with Gasteiger partial charge in [-0.3, -0.25) is 0 Å². The van der Waals surface area contributed by atoms with E-state index in [9.17, 15) is 12.8 Å². The van der Waals surface area contributed by atoms with Crippen molar-refractivity contribution in [1.29, 1.82) is 10.5 Å². The lowest BCUT2D eigenvalue weighted by atomic mass is 10.2. The van der Waals surface area contributed by atoms with Crippen molar-refractivity contribution < 1.29 is 17.0 Å². The number of hydrogen-bond acceptors (Lipinski definition) is 5. The summed E-state index contributed by atoms with van der Waals surface area (Å²) >= 11 is 5.83. The minimum absolute atomic E-state index is 0.0646. The molecule has 22 heavy (non-hydrogen) atoms. The van der Waals surface area contributed by atoms with Crippen molar-refractivity contribution in [2.45, 2.75) is 4.90 Å². The minimum atomic E-state index is -4.29. The van der Waals surface area contributed by atoms with E-state index in [-0.39, 0.29) is 21.2 Å². The number of nitrogens with zero attached hydrogens (tertiary/aromatic N) is 2. The van der Waals surface area contributed by atoms with Crippen molar-refractivity contribution in [3.8, 4) is 17.9 Å². The summed E-state index contributed by atoms with van der Waals surface area (Å²) in [6.45, 7) is 0. The van der Waals surface area contributed by atoms with Crippen LogP contribution in [-0.2, 0) is 10.1 Å². The molecule has 2 rings (SSSR count). The van der Waals surface area contributed by atoms with Gasteiger partial charge >= 0.3 is 10.1 Å². The molecular formula is C14H6ClFN2O3S. The summed E-state index contributed by atoms with van der Waals surface area (Å²) in [5.74, 6) is -1.01. The maximum atomic E-state index is 13.2. The fourth-order valence-electron chi connectivity index (χ4n) is 1.55. The molecule has 0 spiro atoms. The molecule has 8 heteroatoms. The van der Waals surface area contributed by atoms with Gasteiger partial charge in [0.25, 0.3) is 0 Å². The van der Waals surface area contributed by atoms with Gasteiger partial charge in [-0.1, -0.05) is 11.6 Å². The van der Waals surface area contributed by atoms with Gasteiger partial charge < -0.3 is 4.18 Å². The standard InChI is InChI=1S/C14H6ClFN2O3S/c15-12-5-9(7-17)1-4-14(12)21-22(19,20)11-2-3-13(16)10(6-11)8-18/h1-6H. The van der Waals surface area contributed by atoms with Gasteiger partial charge in [-0.05, 0) is 36.4 Å². The first kappa shape index (κ1) is 15.8. The Balaban J connectivity index is 2.41. The topological polar surface area (TPSA) is 90.9 Å². The zero-order chi connectivity index (χ0) is 16.3. The molecule has 2 aromatic carbocycles. The van der Waals surface area contributed by atoms with Crippen LogP contribution in [0.25, 0.3) is 0 Å². The van der Waals surface area contributed by atoms with Crippen LogP contribution in [0.1, 0.15) is 11.1 Å². The summed E-state index contributed by atoms with van der Waals surface area (Å²) in [5, 5.41) is 17.4. The highest BCUT2D eigenvalue weighted by Gasteiger charge is 2.20. The third kappa shape index (κ3) is 3.17. The van der Waals surface area contributed by atoms with Crippen molar-refractivity contribution in [1.82, 2.24) is 0 Å². The summed E-state index contributed by atoms with van der Waals surface area (Å²) in [7, 11) is -4.29. The van der Waals surface area contributed by atoms with Gasteiger partial charge in [0.2, 0.25) is 0 Å². The summed E-state index contributed by atoms with van der Waals surface area (Å²) in [6, 6.07) is 9.89. The molecule has 0 fully saturated rings. The van der Waals surface area contributed by atoms with E-state index in [0.29, 0.717) is 0 Å². The molecule has 0 unspecified atom stereocenters. The lowest BCUT2D eigenvalue weighted by molar-refractivity contribution is 0.486. The van der Waals surface area contributed by atoms with Crippen LogP contribution in [0, 0.1) is 28.5 Å². The van der Waals surface area contributed by atoms with Crippen LogP contribution in [0.3, 0.4) is 0 Å². The van der Waals surface area contributed by atoms with E-state index in [0.717, 1.165) is 18.2 Å². The summed E-state index contributed by atoms with van der Waals surface area (Å²) in [5.41, 5.74) is -0.182. The van der Waals surface area contributed by atoms with E-state index >= 15 is 0 Å². The quantitative estimate of drug-likeness (QED) is 0.803. The fourth-order valence-corrected chi connectivity index (χ4v) is 2.79. The minimum Gasteiger partial charge on any atom is -0.377 e. The monoisotopic (exact) mass is 336 g/mol. The molecule has 0 heterocycles. The smallest absolute Gasteiger partial charge is 0.339 e. The van der Waals surface area contributed by atoms with Gasteiger partial charge in [-0.15, -0.1) is 0 Å². The van der Waals surface area contributed by atoms with E-state index < -0.39 is 21.5 Å². The normalized spacial score (nSPS) is 10.5. The molecule has 0 aromatic heterocycles. The van der Waals surface area contributed by atoms with Gasteiger partial charge in [0.15, 0.2) is 5.75 Å². The molecule has 0 radical (unpaired) electrons. The predicted molar refractivity (Wildman–Crippen MR) is 75.1 cm³/mol. The molecule has 0 saturated carbocycles. The zero-order valence-electron chi connectivity index (χ0n) is 10.7. The Morgan fingerprint density at radius 3 is 2.41 bits per heavy atom. The number of rotatable bonds is 3. The average molecular weight is 337 g/mol. The molecule has 5 nitrogen and oxygen atoms in total. The molecule has 110 valence electrons. The molecule has 0 aliphatic carbocycles. The summed E-state index contributed by atoms with van der Waals surface area (Å²) < 4.78 is 42.3.